The van der Waals surface area contributed by atoms with Crippen LogP contribution >= 0.6 is 0 Å². The molecular weight excluding hydrogens is 336 g/mol. The zero-order valence-electron chi connectivity index (χ0n) is 20.2. The first-order chi connectivity index (χ1) is 13.4. The van der Waals surface area contributed by atoms with Crippen LogP contribution in [-0.2, 0) is 22.7 Å². The second-order valence-electron chi connectivity index (χ2n) is 10.2. The standard InChI is InChI=1S/C28H46/c1-9-25(10-2)20-26(11-3,12-4)24-18-22-21(17-23(24)25)19-27(13-5,14-6)28(22,15-7)16-8/h17-18H,9-16,19-20H2,1-8H3. The Hall–Kier alpha value is -0.780. The molecule has 0 bridgehead atoms. The van der Waals surface area contributed by atoms with E-state index in [0.717, 1.165) is 0 Å². The minimum absolute atomic E-state index is 0.373. The molecule has 0 nitrogen and oxygen atoms in total. The Labute approximate surface area is 175 Å². The molecule has 2 aliphatic carbocycles. The molecule has 3 rings (SSSR count). The third-order valence-electron chi connectivity index (χ3n) is 10.4. The maximum Gasteiger partial charge on any atom is 0.000995 e. The molecule has 0 heterocycles. The molecule has 0 fully saturated rings. The molecule has 1 aromatic rings. The molecule has 0 unspecified atom stereocenters. The summed E-state index contributed by atoms with van der Waals surface area (Å²) in [6.45, 7) is 19.6. The van der Waals surface area contributed by atoms with E-state index in [1.807, 2.05) is 0 Å². The van der Waals surface area contributed by atoms with Crippen molar-refractivity contribution in [3.8, 4) is 0 Å². The van der Waals surface area contributed by atoms with Crippen molar-refractivity contribution in [2.75, 3.05) is 0 Å². The van der Waals surface area contributed by atoms with Gasteiger partial charge >= 0.3 is 0 Å². The van der Waals surface area contributed by atoms with Gasteiger partial charge in [-0.3, -0.25) is 0 Å². The van der Waals surface area contributed by atoms with Crippen molar-refractivity contribution >= 4 is 0 Å². The summed E-state index contributed by atoms with van der Waals surface area (Å²) in [5.41, 5.74) is 8.57. The summed E-state index contributed by atoms with van der Waals surface area (Å²) >= 11 is 0. The highest BCUT2D eigenvalue weighted by Crippen LogP contribution is 2.63. The third-order valence-corrected chi connectivity index (χ3v) is 10.4. The Morgan fingerprint density at radius 2 is 1.04 bits per heavy atom. The van der Waals surface area contributed by atoms with E-state index in [-0.39, 0.29) is 0 Å². The van der Waals surface area contributed by atoms with Crippen LogP contribution in [-0.4, -0.2) is 0 Å². The molecule has 0 spiro atoms. The van der Waals surface area contributed by atoms with Crippen LogP contribution in [0.15, 0.2) is 12.1 Å². The van der Waals surface area contributed by atoms with Crippen molar-refractivity contribution < 1.29 is 0 Å². The average molecular weight is 383 g/mol. The van der Waals surface area contributed by atoms with Gasteiger partial charge < -0.3 is 0 Å². The van der Waals surface area contributed by atoms with Gasteiger partial charge in [-0.2, -0.15) is 0 Å². The van der Waals surface area contributed by atoms with E-state index < -0.39 is 0 Å². The smallest absolute Gasteiger partial charge is 0.000995 e. The van der Waals surface area contributed by atoms with Crippen molar-refractivity contribution in [2.24, 2.45) is 5.41 Å². The summed E-state index contributed by atoms with van der Waals surface area (Å²) in [7, 11) is 0. The van der Waals surface area contributed by atoms with Gasteiger partial charge in [0.2, 0.25) is 0 Å². The van der Waals surface area contributed by atoms with E-state index in [4.69, 9.17) is 0 Å². The fraction of sp³-hybridized carbons (Fsp3) is 0.786. The highest BCUT2D eigenvalue weighted by molar-refractivity contribution is 5.56. The van der Waals surface area contributed by atoms with Crippen LogP contribution in [0.3, 0.4) is 0 Å². The molecule has 158 valence electrons. The summed E-state index contributed by atoms with van der Waals surface area (Å²) in [6.07, 6.45) is 13.0. The summed E-state index contributed by atoms with van der Waals surface area (Å²) in [5, 5.41) is 0. The Balaban J connectivity index is 2.33. The molecule has 28 heavy (non-hydrogen) atoms. The SMILES string of the molecule is CCC1(CC)CC(CC)(CC)c2cc3c(cc21)CC(CC)(CC)C3(CC)CC. The Morgan fingerprint density at radius 3 is 1.43 bits per heavy atom. The van der Waals surface area contributed by atoms with Gasteiger partial charge in [0.1, 0.15) is 0 Å². The predicted molar refractivity (Wildman–Crippen MR) is 125 cm³/mol. The summed E-state index contributed by atoms with van der Waals surface area (Å²) in [6, 6.07) is 5.50. The maximum absolute atomic E-state index is 2.77. The van der Waals surface area contributed by atoms with Gasteiger partial charge in [0.25, 0.3) is 0 Å². The molecule has 1 aromatic carbocycles. The van der Waals surface area contributed by atoms with E-state index in [2.05, 4.69) is 67.5 Å². The van der Waals surface area contributed by atoms with Crippen molar-refractivity contribution in [1.82, 2.24) is 0 Å². The van der Waals surface area contributed by atoms with E-state index >= 15 is 0 Å². The van der Waals surface area contributed by atoms with Crippen LogP contribution in [0.1, 0.15) is 135 Å². The molecule has 0 saturated carbocycles. The molecule has 2 aliphatic rings. The van der Waals surface area contributed by atoms with Crippen molar-refractivity contribution in [1.29, 1.82) is 0 Å². The topological polar surface area (TPSA) is 0 Å². The molecule has 0 saturated heterocycles. The van der Waals surface area contributed by atoms with Crippen LogP contribution in [0.5, 0.6) is 0 Å². The van der Waals surface area contributed by atoms with Gasteiger partial charge in [-0.1, -0.05) is 67.5 Å². The normalized spacial score (nSPS) is 22.9. The minimum Gasteiger partial charge on any atom is -0.0648 e. The van der Waals surface area contributed by atoms with E-state index in [1.54, 1.807) is 22.3 Å². The summed E-state index contributed by atoms with van der Waals surface area (Å²) in [4.78, 5) is 0. The number of hydrogen-bond acceptors (Lipinski definition) is 0. The lowest BCUT2D eigenvalue weighted by atomic mass is 9.58. The molecular formula is C28H46. The fourth-order valence-corrected chi connectivity index (χ4v) is 8.09. The van der Waals surface area contributed by atoms with Crippen LogP contribution in [0.2, 0.25) is 0 Å². The highest BCUT2D eigenvalue weighted by atomic mass is 14.6. The maximum atomic E-state index is 2.77. The van der Waals surface area contributed by atoms with E-state index in [0.29, 0.717) is 21.7 Å². The van der Waals surface area contributed by atoms with Crippen molar-refractivity contribution in [3.63, 3.8) is 0 Å². The second-order valence-corrected chi connectivity index (χ2v) is 10.2. The number of benzene rings is 1. The monoisotopic (exact) mass is 382 g/mol. The molecule has 0 amide bonds. The van der Waals surface area contributed by atoms with Crippen molar-refractivity contribution in [2.45, 2.75) is 136 Å². The lowest BCUT2D eigenvalue weighted by Crippen LogP contribution is -2.41. The first-order valence-corrected chi connectivity index (χ1v) is 12.6. The molecule has 0 aromatic heterocycles. The minimum atomic E-state index is 0.373. The first kappa shape index (κ1) is 21.9. The fourth-order valence-electron chi connectivity index (χ4n) is 8.09. The molecule has 0 N–H and O–H groups in total. The van der Waals surface area contributed by atoms with Crippen LogP contribution in [0.25, 0.3) is 0 Å². The summed E-state index contributed by atoms with van der Waals surface area (Å²) in [5.74, 6) is 0. The second kappa shape index (κ2) is 7.48. The van der Waals surface area contributed by atoms with Gasteiger partial charge in [-0.25, -0.2) is 0 Å². The number of fused-ring (bicyclic) bond motifs is 2. The van der Waals surface area contributed by atoms with Gasteiger partial charge in [-0.15, -0.1) is 0 Å². The zero-order chi connectivity index (χ0) is 20.8. The highest BCUT2D eigenvalue weighted by Gasteiger charge is 2.56. The van der Waals surface area contributed by atoms with E-state index in [9.17, 15) is 0 Å². The van der Waals surface area contributed by atoms with Crippen molar-refractivity contribution in [3.05, 3.63) is 34.4 Å². The molecule has 0 heteroatoms. The lowest BCUT2D eigenvalue weighted by Gasteiger charge is -2.46. The Bertz CT molecular complexity index is 691. The Kier molecular flexibility index (Phi) is 5.85. The lowest BCUT2D eigenvalue weighted by molar-refractivity contribution is 0.110. The first-order valence-electron chi connectivity index (χ1n) is 12.6. The largest absolute Gasteiger partial charge is 0.0648 e. The molecule has 0 atom stereocenters. The van der Waals surface area contributed by atoms with Gasteiger partial charge in [0.15, 0.2) is 0 Å². The molecule has 0 aliphatic heterocycles. The van der Waals surface area contributed by atoms with Gasteiger partial charge in [-0.05, 0) is 103 Å². The van der Waals surface area contributed by atoms with Gasteiger partial charge in [0.05, 0.1) is 0 Å². The molecule has 0 radical (unpaired) electrons. The van der Waals surface area contributed by atoms with Gasteiger partial charge in [0, 0.05) is 5.41 Å². The average Bonchev–Trinajstić information content (AvgIpc) is 3.19. The number of rotatable bonds is 8. The van der Waals surface area contributed by atoms with Crippen LogP contribution in [0, 0.1) is 5.41 Å². The quantitative estimate of drug-likeness (QED) is 0.422. The van der Waals surface area contributed by atoms with Crippen LogP contribution < -0.4 is 0 Å². The summed E-state index contributed by atoms with van der Waals surface area (Å²) < 4.78 is 0. The van der Waals surface area contributed by atoms with E-state index in [1.165, 1.54) is 64.2 Å². The predicted octanol–water partition coefficient (Wildman–Crippen LogP) is 8.63. The Morgan fingerprint density at radius 1 is 0.571 bits per heavy atom. The zero-order valence-corrected chi connectivity index (χ0v) is 20.2. The van der Waals surface area contributed by atoms with Crippen LogP contribution in [0.4, 0.5) is 0 Å². The number of hydrogen-bond donors (Lipinski definition) is 0. The third kappa shape index (κ3) is 2.48.